The van der Waals surface area contributed by atoms with E-state index in [2.05, 4.69) is 23.1 Å². The minimum Gasteiger partial charge on any atom is -0.471 e. The minimum atomic E-state index is 0.463. The van der Waals surface area contributed by atoms with Gasteiger partial charge in [0.25, 0.3) is 0 Å². The van der Waals surface area contributed by atoms with Crippen molar-refractivity contribution < 1.29 is 4.74 Å². The second-order valence-corrected chi connectivity index (χ2v) is 4.06. The quantitative estimate of drug-likeness (QED) is 0.810. The third-order valence-corrected chi connectivity index (χ3v) is 2.65. The van der Waals surface area contributed by atoms with Crippen LogP contribution in [0.25, 0.3) is 0 Å². The van der Waals surface area contributed by atoms with Gasteiger partial charge in [-0.25, -0.2) is 4.98 Å². The number of pyridine rings is 1. The fourth-order valence-electron chi connectivity index (χ4n) is 1.71. The summed E-state index contributed by atoms with van der Waals surface area (Å²) in [7, 11) is 1.95. The number of aryl methyl sites for hydroxylation is 3. The summed E-state index contributed by atoms with van der Waals surface area (Å²) in [5.41, 5.74) is 3.29. The molecule has 17 heavy (non-hydrogen) atoms. The Morgan fingerprint density at radius 1 is 1.35 bits per heavy atom. The van der Waals surface area contributed by atoms with Crippen molar-refractivity contribution in [2.75, 3.05) is 0 Å². The second-order valence-electron chi connectivity index (χ2n) is 4.06. The van der Waals surface area contributed by atoms with Crippen molar-refractivity contribution in [2.24, 2.45) is 7.05 Å². The predicted octanol–water partition coefficient (Wildman–Crippen LogP) is 2.26. The van der Waals surface area contributed by atoms with Crippen LogP contribution in [0.5, 0.6) is 5.88 Å². The van der Waals surface area contributed by atoms with Crippen molar-refractivity contribution in [3.8, 4) is 5.88 Å². The largest absolute Gasteiger partial charge is 0.471 e. The first kappa shape index (κ1) is 11.6. The SMILES string of the molecule is CCc1cc(COc2cc(C)ccn2)nn1C. The maximum absolute atomic E-state index is 5.60. The lowest BCUT2D eigenvalue weighted by Gasteiger charge is -2.03. The van der Waals surface area contributed by atoms with E-state index >= 15 is 0 Å². The molecule has 0 unspecified atom stereocenters. The monoisotopic (exact) mass is 231 g/mol. The molecule has 4 nitrogen and oxygen atoms in total. The molecule has 0 radical (unpaired) electrons. The molecule has 0 aliphatic carbocycles. The molecule has 2 aromatic heterocycles. The van der Waals surface area contributed by atoms with Crippen molar-refractivity contribution in [1.29, 1.82) is 0 Å². The Kier molecular flexibility index (Phi) is 3.42. The van der Waals surface area contributed by atoms with Crippen molar-refractivity contribution in [2.45, 2.75) is 26.9 Å². The standard InChI is InChI=1S/C13H17N3O/c1-4-12-8-11(15-16(12)3)9-17-13-7-10(2)5-6-14-13/h5-8H,4,9H2,1-3H3. The highest BCUT2D eigenvalue weighted by molar-refractivity contribution is 5.19. The van der Waals surface area contributed by atoms with E-state index in [1.54, 1.807) is 6.20 Å². The average Bonchev–Trinajstić information content (AvgIpc) is 2.67. The van der Waals surface area contributed by atoms with Crippen molar-refractivity contribution in [1.82, 2.24) is 14.8 Å². The summed E-state index contributed by atoms with van der Waals surface area (Å²) in [6.07, 6.45) is 2.73. The first-order chi connectivity index (χ1) is 8.19. The van der Waals surface area contributed by atoms with E-state index in [-0.39, 0.29) is 0 Å². The molecule has 0 aliphatic rings. The fraction of sp³-hybridized carbons (Fsp3) is 0.385. The molecule has 0 N–H and O–H groups in total. The van der Waals surface area contributed by atoms with Crippen LogP contribution in [0.1, 0.15) is 23.9 Å². The fourth-order valence-corrected chi connectivity index (χ4v) is 1.71. The Morgan fingerprint density at radius 2 is 2.18 bits per heavy atom. The summed E-state index contributed by atoms with van der Waals surface area (Å²) >= 11 is 0. The smallest absolute Gasteiger partial charge is 0.213 e. The number of nitrogens with zero attached hydrogens (tertiary/aromatic N) is 3. The van der Waals surface area contributed by atoms with Gasteiger partial charge in [0.05, 0.1) is 0 Å². The van der Waals surface area contributed by atoms with Gasteiger partial charge in [0.15, 0.2) is 0 Å². The predicted molar refractivity (Wildman–Crippen MR) is 65.9 cm³/mol. The lowest BCUT2D eigenvalue weighted by molar-refractivity contribution is 0.288. The van der Waals surface area contributed by atoms with E-state index in [0.717, 1.165) is 17.7 Å². The number of rotatable bonds is 4. The van der Waals surface area contributed by atoms with Crippen LogP contribution in [0.4, 0.5) is 0 Å². The van der Waals surface area contributed by atoms with E-state index in [1.165, 1.54) is 5.69 Å². The Balaban J connectivity index is 2.02. The highest BCUT2D eigenvalue weighted by Crippen LogP contribution is 2.11. The van der Waals surface area contributed by atoms with Gasteiger partial charge >= 0.3 is 0 Å². The summed E-state index contributed by atoms with van der Waals surface area (Å²) in [6, 6.07) is 5.93. The summed E-state index contributed by atoms with van der Waals surface area (Å²) in [5, 5.41) is 4.38. The van der Waals surface area contributed by atoms with Gasteiger partial charge in [0.1, 0.15) is 12.3 Å². The molecule has 0 bridgehead atoms. The van der Waals surface area contributed by atoms with Crippen molar-refractivity contribution in [3.05, 3.63) is 41.3 Å². The molecule has 0 aromatic carbocycles. The molecule has 4 heteroatoms. The van der Waals surface area contributed by atoms with Crippen LogP contribution in [0.15, 0.2) is 24.4 Å². The topological polar surface area (TPSA) is 39.9 Å². The Labute approximate surface area is 101 Å². The normalized spacial score (nSPS) is 10.5. The van der Waals surface area contributed by atoms with Gasteiger partial charge in [-0.1, -0.05) is 6.92 Å². The molecule has 0 atom stereocenters. The first-order valence-corrected chi connectivity index (χ1v) is 5.76. The van der Waals surface area contributed by atoms with Gasteiger partial charge in [-0.3, -0.25) is 4.68 Å². The zero-order valence-corrected chi connectivity index (χ0v) is 10.5. The van der Waals surface area contributed by atoms with Crippen LogP contribution in [0, 0.1) is 6.92 Å². The van der Waals surface area contributed by atoms with Gasteiger partial charge in [-0.2, -0.15) is 5.10 Å². The zero-order valence-electron chi connectivity index (χ0n) is 10.5. The van der Waals surface area contributed by atoms with Crippen LogP contribution in [0.3, 0.4) is 0 Å². The van der Waals surface area contributed by atoms with Crippen LogP contribution < -0.4 is 4.74 Å². The van der Waals surface area contributed by atoms with Crippen LogP contribution >= 0.6 is 0 Å². The van der Waals surface area contributed by atoms with Crippen LogP contribution in [-0.4, -0.2) is 14.8 Å². The molecule has 90 valence electrons. The van der Waals surface area contributed by atoms with Crippen molar-refractivity contribution >= 4 is 0 Å². The molecular weight excluding hydrogens is 214 g/mol. The second kappa shape index (κ2) is 4.99. The molecule has 2 rings (SSSR count). The van der Waals surface area contributed by atoms with E-state index < -0.39 is 0 Å². The average molecular weight is 231 g/mol. The minimum absolute atomic E-state index is 0.463. The van der Waals surface area contributed by atoms with Gasteiger partial charge < -0.3 is 4.74 Å². The third-order valence-electron chi connectivity index (χ3n) is 2.65. The van der Waals surface area contributed by atoms with Gasteiger partial charge in [-0.05, 0) is 31.0 Å². The lowest BCUT2D eigenvalue weighted by Crippen LogP contribution is -2.00. The molecule has 2 heterocycles. The summed E-state index contributed by atoms with van der Waals surface area (Å²) in [4.78, 5) is 4.15. The van der Waals surface area contributed by atoms with E-state index in [4.69, 9.17) is 4.74 Å². The van der Waals surface area contributed by atoms with Gasteiger partial charge in [-0.15, -0.1) is 0 Å². The van der Waals surface area contributed by atoms with E-state index in [1.807, 2.05) is 30.8 Å². The molecule has 0 fully saturated rings. The van der Waals surface area contributed by atoms with Crippen LogP contribution in [-0.2, 0) is 20.1 Å². The molecule has 0 saturated carbocycles. The Hall–Kier alpha value is -1.84. The zero-order chi connectivity index (χ0) is 12.3. The van der Waals surface area contributed by atoms with E-state index in [9.17, 15) is 0 Å². The van der Waals surface area contributed by atoms with Gasteiger partial charge in [0.2, 0.25) is 5.88 Å². The molecule has 0 spiro atoms. The highest BCUT2D eigenvalue weighted by atomic mass is 16.5. The number of aromatic nitrogens is 3. The number of hydrogen-bond donors (Lipinski definition) is 0. The molecule has 0 amide bonds. The maximum atomic E-state index is 5.60. The summed E-state index contributed by atoms with van der Waals surface area (Å²) in [6.45, 7) is 4.60. The summed E-state index contributed by atoms with van der Waals surface area (Å²) < 4.78 is 7.49. The number of ether oxygens (including phenoxy) is 1. The third kappa shape index (κ3) is 2.84. The molecule has 0 aliphatic heterocycles. The lowest BCUT2D eigenvalue weighted by atomic mass is 10.3. The van der Waals surface area contributed by atoms with Crippen LogP contribution in [0.2, 0.25) is 0 Å². The van der Waals surface area contributed by atoms with E-state index in [0.29, 0.717) is 12.5 Å². The van der Waals surface area contributed by atoms with Gasteiger partial charge in [0, 0.05) is 25.0 Å². The number of hydrogen-bond acceptors (Lipinski definition) is 3. The first-order valence-electron chi connectivity index (χ1n) is 5.76. The van der Waals surface area contributed by atoms with Crippen molar-refractivity contribution in [3.63, 3.8) is 0 Å². The summed E-state index contributed by atoms with van der Waals surface area (Å²) in [5.74, 6) is 0.647. The Morgan fingerprint density at radius 3 is 2.82 bits per heavy atom. The molecule has 2 aromatic rings. The molecule has 0 saturated heterocycles. The maximum Gasteiger partial charge on any atom is 0.213 e. The molecular formula is C13H17N3O. The highest BCUT2D eigenvalue weighted by Gasteiger charge is 2.04. The Bertz CT molecular complexity index is 505.